The summed E-state index contributed by atoms with van der Waals surface area (Å²) < 4.78 is 5.28. The van der Waals surface area contributed by atoms with Gasteiger partial charge in [0, 0.05) is 19.6 Å². The van der Waals surface area contributed by atoms with E-state index in [0.717, 1.165) is 11.8 Å². The monoisotopic (exact) mass is 275 g/mol. The topological polar surface area (TPSA) is 46.6 Å². The minimum atomic E-state index is -0.219. The number of rotatable bonds is 6. The smallest absolute Gasteiger partial charge is 0.231 e. The first-order valence-electron chi connectivity index (χ1n) is 6.92. The van der Waals surface area contributed by atoms with Crippen LogP contribution in [-0.2, 0) is 20.9 Å². The van der Waals surface area contributed by atoms with Crippen molar-refractivity contribution in [3.63, 3.8) is 0 Å². The van der Waals surface area contributed by atoms with Crippen LogP contribution in [0.1, 0.15) is 19.4 Å². The zero-order valence-corrected chi connectivity index (χ0v) is 12.2. The number of hydrogen-bond acceptors (Lipinski definition) is 3. The van der Waals surface area contributed by atoms with Crippen LogP contribution < -0.4 is 0 Å². The fraction of sp³-hybridized carbons (Fsp3) is 0.500. The van der Waals surface area contributed by atoms with Gasteiger partial charge in [0.25, 0.3) is 0 Å². The summed E-state index contributed by atoms with van der Waals surface area (Å²) in [5.41, 5.74) is 1.08. The molecule has 1 amide bonds. The summed E-state index contributed by atoms with van der Waals surface area (Å²) in [5, 5.41) is 0. The van der Waals surface area contributed by atoms with E-state index in [1.165, 1.54) is 0 Å². The molecule has 4 atom stereocenters. The van der Waals surface area contributed by atoms with Crippen LogP contribution in [0.4, 0.5) is 0 Å². The van der Waals surface area contributed by atoms with Gasteiger partial charge in [-0.15, -0.1) is 0 Å². The first-order chi connectivity index (χ1) is 9.60. The second-order valence-corrected chi connectivity index (χ2v) is 5.40. The first kappa shape index (κ1) is 14.7. The van der Waals surface area contributed by atoms with Crippen molar-refractivity contribution in [3.05, 3.63) is 35.9 Å². The van der Waals surface area contributed by atoms with E-state index in [9.17, 15) is 9.59 Å². The van der Waals surface area contributed by atoms with Crippen LogP contribution in [0.25, 0.3) is 0 Å². The maximum absolute atomic E-state index is 12.3. The molecule has 4 nitrogen and oxygen atoms in total. The number of β-lactam (4-membered cyclic amide) rings is 1. The van der Waals surface area contributed by atoms with E-state index in [0.29, 0.717) is 6.54 Å². The number of benzene rings is 1. The van der Waals surface area contributed by atoms with E-state index in [1.54, 1.807) is 12.0 Å². The van der Waals surface area contributed by atoms with Crippen molar-refractivity contribution in [2.75, 3.05) is 7.11 Å². The lowest BCUT2D eigenvalue weighted by Crippen LogP contribution is -2.66. The second kappa shape index (κ2) is 6.18. The number of methoxy groups -OCH3 is 1. The summed E-state index contributed by atoms with van der Waals surface area (Å²) in [6.45, 7) is 4.29. The minimum absolute atomic E-state index is 0.0712. The highest BCUT2D eigenvalue weighted by Crippen LogP contribution is 2.36. The zero-order chi connectivity index (χ0) is 14.7. The molecule has 0 bridgehead atoms. The van der Waals surface area contributed by atoms with E-state index >= 15 is 0 Å². The summed E-state index contributed by atoms with van der Waals surface area (Å²) in [7, 11) is 1.60. The molecule has 1 saturated heterocycles. The summed E-state index contributed by atoms with van der Waals surface area (Å²) in [4.78, 5) is 25.2. The van der Waals surface area contributed by atoms with Crippen LogP contribution in [-0.4, -0.2) is 36.3 Å². The van der Waals surface area contributed by atoms with Crippen LogP contribution >= 0.6 is 0 Å². The maximum Gasteiger partial charge on any atom is 0.231 e. The van der Waals surface area contributed by atoms with E-state index in [-0.39, 0.29) is 29.9 Å². The summed E-state index contributed by atoms with van der Waals surface area (Å²) in [6, 6.07) is 9.75. The highest BCUT2D eigenvalue weighted by molar-refractivity contribution is 5.87. The van der Waals surface area contributed by atoms with Crippen molar-refractivity contribution in [1.82, 2.24) is 4.90 Å². The van der Waals surface area contributed by atoms with Gasteiger partial charge in [-0.25, -0.2) is 0 Å². The number of carbonyl (C=O) groups is 2. The third kappa shape index (κ3) is 2.61. The van der Waals surface area contributed by atoms with Crippen LogP contribution in [0, 0.1) is 11.8 Å². The molecule has 1 aromatic carbocycles. The molecule has 4 heteroatoms. The Kier molecular flexibility index (Phi) is 4.55. The number of aldehydes is 1. The van der Waals surface area contributed by atoms with Gasteiger partial charge in [-0.05, 0) is 12.5 Å². The van der Waals surface area contributed by atoms with Crippen LogP contribution in [0.2, 0.25) is 0 Å². The molecule has 1 aliphatic rings. The Hall–Kier alpha value is -1.68. The second-order valence-electron chi connectivity index (χ2n) is 5.40. The fourth-order valence-corrected chi connectivity index (χ4v) is 2.88. The van der Waals surface area contributed by atoms with Crippen molar-refractivity contribution in [2.45, 2.75) is 32.5 Å². The van der Waals surface area contributed by atoms with Crippen molar-refractivity contribution >= 4 is 12.2 Å². The molecule has 1 fully saturated rings. The Labute approximate surface area is 119 Å². The van der Waals surface area contributed by atoms with E-state index in [1.807, 2.05) is 44.2 Å². The Bertz CT molecular complexity index is 474. The average Bonchev–Trinajstić information content (AvgIpc) is 2.49. The van der Waals surface area contributed by atoms with Crippen molar-refractivity contribution < 1.29 is 14.3 Å². The Morgan fingerprint density at radius 3 is 2.50 bits per heavy atom. The molecule has 1 heterocycles. The molecule has 1 aliphatic heterocycles. The SMILES string of the molecule is CO[C@H](C)[C@H]1C(=O)N(Cc2ccccc2)[C@@H]1[C@H](C)C=O. The van der Waals surface area contributed by atoms with Gasteiger partial charge in [-0.1, -0.05) is 37.3 Å². The average molecular weight is 275 g/mol. The quantitative estimate of drug-likeness (QED) is 0.588. The molecule has 0 radical (unpaired) electrons. The predicted molar refractivity (Wildman–Crippen MR) is 76.0 cm³/mol. The van der Waals surface area contributed by atoms with E-state index in [2.05, 4.69) is 0 Å². The van der Waals surface area contributed by atoms with Gasteiger partial charge < -0.3 is 14.4 Å². The molecule has 0 N–H and O–H groups in total. The molecule has 0 unspecified atom stereocenters. The van der Waals surface area contributed by atoms with E-state index < -0.39 is 0 Å². The molecule has 0 aliphatic carbocycles. The zero-order valence-electron chi connectivity index (χ0n) is 12.2. The standard InChI is InChI=1S/C16H21NO3/c1-11(10-18)15-14(12(2)20-3)16(19)17(15)9-13-7-5-4-6-8-13/h4-8,10-12,14-15H,9H2,1-3H3/t11-,12-,14-,15-/m1/s1. The minimum Gasteiger partial charge on any atom is -0.381 e. The first-order valence-corrected chi connectivity index (χ1v) is 6.92. The molecule has 0 saturated carbocycles. The highest BCUT2D eigenvalue weighted by atomic mass is 16.5. The van der Waals surface area contributed by atoms with Gasteiger partial charge in [-0.3, -0.25) is 4.79 Å². The van der Waals surface area contributed by atoms with Gasteiger partial charge in [0.1, 0.15) is 6.29 Å². The lowest BCUT2D eigenvalue weighted by atomic mass is 9.76. The largest absolute Gasteiger partial charge is 0.381 e. The van der Waals surface area contributed by atoms with E-state index in [4.69, 9.17) is 4.74 Å². The Morgan fingerprint density at radius 1 is 1.30 bits per heavy atom. The van der Waals surface area contributed by atoms with Gasteiger partial charge in [-0.2, -0.15) is 0 Å². The molecule has 0 spiro atoms. The van der Waals surface area contributed by atoms with Crippen molar-refractivity contribution in [1.29, 1.82) is 0 Å². The molecule has 2 rings (SSSR count). The number of ether oxygens (including phenoxy) is 1. The number of nitrogens with zero attached hydrogens (tertiary/aromatic N) is 1. The normalized spacial score (nSPS) is 24.9. The van der Waals surface area contributed by atoms with Crippen LogP contribution in [0.5, 0.6) is 0 Å². The van der Waals surface area contributed by atoms with Crippen molar-refractivity contribution in [3.8, 4) is 0 Å². The number of carbonyl (C=O) groups excluding carboxylic acids is 2. The molecular formula is C16H21NO3. The van der Waals surface area contributed by atoms with Gasteiger partial charge in [0.2, 0.25) is 5.91 Å². The van der Waals surface area contributed by atoms with Gasteiger partial charge in [0.15, 0.2) is 0 Å². The molecule has 1 aromatic rings. The maximum atomic E-state index is 12.3. The predicted octanol–water partition coefficient (Wildman–Crippen LogP) is 1.88. The number of hydrogen-bond donors (Lipinski definition) is 0. The number of amides is 1. The third-order valence-electron chi connectivity index (χ3n) is 4.12. The summed E-state index contributed by atoms with van der Waals surface area (Å²) in [6.07, 6.45) is 0.756. The molecular weight excluding hydrogens is 254 g/mol. The Balaban J connectivity index is 2.16. The van der Waals surface area contributed by atoms with Crippen LogP contribution in [0.15, 0.2) is 30.3 Å². The lowest BCUT2D eigenvalue weighted by molar-refractivity contribution is -0.171. The summed E-state index contributed by atoms with van der Waals surface area (Å²) >= 11 is 0. The fourth-order valence-electron chi connectivity index (χ4n) is 2.88. The lowest BCUT2D eigenvalue weighted by Gasteiger charge is -2.50. The van der Waals surface area contributed by atoms with Gasteiger partial charge >= 0.3 is 0 Å². The number of likely N-dealkylation sites (tertiary alicyclic amines) is 1. The summed E-state index contributed by atoms with van der Waals surface area (Å²) in [5.74, 6) is -0.329. The van der Waals surface area contributed by atoms with Crippen molar-refractivity contribution in [2.24, 2.45) is 11.8 Å². The highest BCUT2D eigenvalue weighted by Gasteiger charge is 2.52. The Morgan fingerprint density at radius 2 is 1.95 bits per heavy atom. The molecule has 108 valence electrons. The van der Waals surface area contributed by atoms with Gasteiger partial charge in [0.05, 0.1) is 18.1 Å². The third-order valence-corrected chi connectivity index (χ3v) is 4.12. The molecule has 20 heavy (non-hydrogen) atoms. The molecule has 0 aromatic heterocycles. The van der Waals surface area contributed by atoms with Crippen LogP contribution in [0.3, 0.4) is 0 Å².